The van der Waals surface area contributed by atoms with E-state index in [4.69, 9.17) is 0 Å². The molecule has 1 heterocycles. The second-order valence-electron chi connectivity index (χ2n) is 6.13. The average Bonchev–Trinajstić information content (AvgIpc) is 2.61. The monoisotopic (exact) mass is 372 g/mol. The number of hydrogen-bond acceptors (Lipinski definition) is 4. The van der Waals surface area contributed by atoms with Gasteiger partial charge in [0.05, 0.1) is 11.3 Å². The second kappa shape index (κ2) is 7.65. The number of hydrogen-bond donors (Lipinski definition) is 2. The first-order chi connectivity index (χ1) is 12.8. The predicted octanol–water partition coefficient (Wildman–Crippen LogP) is 5.72. The Morgan fingerprint density at radius 1 is 0.889 bits per heavy atom. The first-order valence-corrected chi connectivity index (χ1v) is 8.43. The van der Waals surface area contributed by atoms with E-state index < -0.39 is 11.7 Å². The minimum atomic E-state index is -4.45. The van der Waals surface area contributed by atoms with E-state index in [1.54, 1.807) is 19.1 Å². The molecule has 1 atom stereocenters. The van der Waals surface area contributed by atoms with Crippen molar-refractivity contribution in [1.82, 2.24) is 9.97 Å². The summed E-state index contributed by atoms with van der Waals surface area (Å²) < 4.78 is 39.6. The molecule has 2 N–H and O–H groups in total. The third-order valence-electron chi connectivity index (χ3n) is 4.00. The summed E-state index contributed by atoms with van der Waals surface area (Å²) in [7, 11) is 0. The van der Waals surface area contributed by atoms with E-state index in [2.05, 4.69) is 20.6 Å². The van der Waals surface area contributed by atoms with Crippen molar-refractivity contribution >= 4 is 17.3 Å². The maximum Gasteiger partial charge on any atom is 0.418 e. The normalized spacial score (nSPS) is 12.5. The topological polar surface area (TPSA) is 49.8 Å². The fourth-order valence-electron chi connectivity index (χ4n) is 2.73. The van der Waals surface area contributed by atoms with Crippen molar-refractivity contribution in [1.29, 1.82) is 0 Å². The molecule has 2 aromatic carbocycles. The summed E-state index contributed by atoms with van der Waals surface area (Å²) in [6.07, 6.45) is -4.45. The molecule has 4 nitrogen and oxygen atoms in total. The number of anilines is 3. The zero-order valence-electron chi connectivity index (χ0n) is 14.9. The second-order valence-corrected chi connectivity index (χ2v) is 6.13. The van der Waals surface area contributed by atoms with E-state index in [0.29, 0.717) is 17.5 Å². The van der Waals surface area contributed by atoms with Crippen molar-refractivity contribution < 1.29 is 13.2 Å². The van der Waals surface area contributed by atoms with Crippen LogP contribution in [-0.2, 0) is 6.18 Å². The predicted molar refractivity (Wildman–Crippen MR) is 100.0 cm³/mol. The number of aryl methyl sites for hydroxylation is 1. The lowest BCUT2D eigenvalue weighted by atomic mass is 10.1. The molecule has 0 spiro atoms. The molecular formula is C20H19F3N4. The molecule has 3 rings (SSSR count). The first kappa shape index (κ1) is 18.7. The zero-order valence-corrected chi connectivity index (χ0v) is 14.9. The number of nitrogens with zero attached hydrogens (tertiary/aromatic N) is 2. The van der Waals surface area contributed by atoms with E-state index in [0.717, 1.165) is 11.6 Å². The summed E-state index contributed by atoms with van der Waals surface area (Å²) >= 11 is 0. The van der Waals surface area contributed by atoms with Gasteiger partial charge in [0.1, 0.15) is 17.5 Å². The molecule has 0 aliphatic carbocycles. The lowest BCUT2D eigenvalue weighted by Crippen LogP contribution is -2.11. The lowest BCUT2D eigenvalue weighted by Gasteiger charge is -2.17. The number of halogens is 3. The number of aromatic nitrogens is 2. The van der Waals surface area contributed by atoms with Crippen LogP contribution in [0.2, 0.25) is 0 Å². The molecule has 0 aliphatic rings. The summed E-state index contributed by atoms with van der Waals surface area (Å²) in [6, 6.07) is 16.7. The molecule has 0 bridgehead atoms. The highest BCUT2D eigenvalue weighted by atomic mass is 19.4. The van der Waals surface area contributed by atoms with Gasteiger partial charge >= 0.3 is 6.18 Å². The molecule has 0 saturated carbocycles. The van der Waals surface area contributed by atoms with Crippen LogP contribution in [0.1, 0.15) is 29.9 Å². The summed E-state index contributed by atoms with van der Waals surface area (Å²) in [4.78, 5) is 8.53. The maximum absolute atomic E-state index is 13.2. The first-order valence-electron chi connectivity index (χ1n) is 8.43. The minimum absolute atomic E-state index is 0.0178. The van der Waals surface area contributed by atoms with Gasteiger partial charge in [-0.05, 0) is 31.5 Å². The molecule has 1 aromatic heterocycles. The van der Waals surface area contributed by atoms with Crippen LogP contribution < -0.4 is 10.6 Å². The van der Waals surface area contributed by atoms with Gasteiger partial charge < -0.3 is 10.6 Å². The van der Waals surface area contributed by atoms with E-state index in [1.807, 2.05) is 37.3 Å². The van der Waals surface area contributed by atoms with Crippen LogP contribution in [0.15, 0.2) is 60.7 Å². The van der Waals surface area contributed by atoms with Crippen molar-refractivity contribution in [3.8, 4) is 0 Å². The van der Waals surface area contributed by atoms with Crippen LogP contribution >= 0.6 is 0 Å². The van der Waals surface area contributed by atoms with Gasteiger partial charge in [-0.25, -0.2) is 9.97 Å². The fourth-order valence-corrected chi connectivity index (χ4v) is 2.73. The third-order valence-corrected chi connectivity index (χ3v) is 4.00. The molecule has 140 valence electrons. The largest absolute Gasteiger partial charge is 0.418 e. The van der Waals surface area contributed by atoms with Gasteiger partial charge in [-0.2, -0.15) is 13.2 Å². The van der Waals surface area contributed by atoms with Crippen LogP contribution in [0.25, 0.3) is 0 Å². The summed E-state index contributed by atoms with van der Waals surface area (Å²) in [5, 5.41) is 6.02. The molecule has 0 fully saturated rings. The lowest BCUT2D eigenvalue weighted by molar-refractivity contribution is -0.136. The number of rotatable bonds is 5. The molecule has 27 heavy (non-hydrogen) atoms. The molecule has 1 unspecified atom stereocenters. The van der Waals surface area contributed by atoms with Crippen LogP contribution in [0.4, 0.5) is 30.5 Å². The highest BCUT2D eigenvalue weighted by Crippen LogP contribution is 2.35. The Bertz CT molecular complexity index is 911. The summed E-state index contributed by atoms with van der Waals surface area (Å²) in [5.41, 5.74) is 0.282. The quantitative estimate of drug-likeness (QED) is 0.601. The molecule has 3 aromatic rings. The van der Waals surface area contributed by atoms with Gasteiger partial charge in [0.2, 0.25) is 0 Å². The fraction of sp³-hybridized carbons (Fsp3) is 0.200. The Balaban J connectivity index is 1.85. The smallest absolute Gasteiger partial charge is 0.363 e. The summed E-state index contributed by atoms with van der Waals surface area (Å²) in [6.45, 7) is 3.68. The van der Waals surface area contributed by atoms with E-state index in [9.17, 15) is 13.2 Å². The molecule has 0 amide bonds. The number of alkyl halides is 3. The Morgan fingerprint density at radius 3 is 2.22 bits per heavy atom. The number of para-hydroxylation sites is 1. The highest BCUT2D eigenvalue weighted by Gasteiger charge is 2.33. The van der Waals surface area contributed by atoms with Crippen molar-refractivity contribution in [2.75, 3.05) is 10.6 Å². The van der Waals surface area contributed by atoms with Crippen LogP contribution in [0.5, 0.6) is 0 Å². The van der Waals surface area contributed by atoms with Crippen molar-refractivity contribution in [3.05, 3.63) is 77.6 Å². The van der Waals surface area contributed by atoms with E-state index in [1.165, 1.54) is 12.1 Å². The Morgan fingerprint density at radius 2 is 1.52 bits per heavy atom. The van der Waals surface area contributed by atoms with E-state index >= 15 is 0 Å². The minimum Gasteiger partial charge on any atom is -0.363 e. The number of nitrogens with one attached hydrogen (secondary N) is 2. The molecular weight excluding hydrogens is 353 g/mol. The van der Waals surface area contributed by atoms with Gasteiger partial charge in [-0.3, -0.25) is 0 Å². The molecule has 0 saturated heterocycles. The highest BCUT2D eigenvalue weighted by molar-refractivity contribution is 5.63. The molecule has 7 heteroatoms. The third kappa shape index (κ3) is 4.75. The van der Waals surface area contributed by atoms with Gasteiger partial charge in [0, 0.05) is 12.1 Å². The van der Waals surface area contributed by atoms with Crippen LogP contribution in [0, 0.1) is 6.92 Å². The standard InChI is InChI=1S/C20H19F3N4/c1-13(15-8-4-3-5-9-15)24-18-12-19(26-14(2)25-18)27-17-11-7-6-10-16(17)20(21,22)23/h3-13H,1-2H3,(H2,24,25,26,27). The van der Waals surface area contributed by atoms with Crippen molar-refractivity contribution in [3.63, 3.8) is 0 Å². The van der Waals surface area contributed by atoms with Crippen LogP contribution in [-0.4, -0.2) is 9.97 Å². The molecule has 0 radical (unpaired) electrons. The Hall–Kier alpha value is -3.09. The van der Waals surface area contributed by atoms with Crippen molar-refractivity contribution in [2.24, 2.45) is 0 Å². The Kier molecular flexibility index (Phi) is 5.30. The van der Waals surface area contributed by atoms with Gasteiger partial charge in [-0.1, -0.05) is 42.5 Å². The average molecular weight is 372 g/mol. The van der Waals surface area contributed by atoms with Gasteiger partial charge in [0.15, 0.2) is 0 Å². The Labute approximate surface area is 155 Å². The van der Waals surface area contributed by atoms with E-state index in [-0.39, 0.29) is 11.7 Å². The van der Waals surface area contributed by atoms with Gasteiger partial charge in [0.25, 0.3) is 0 Å². The molecule has 0 aliphatic heterocycles. The van der Waals surface area contributed by atoms with Crippen LogP contribution in [0.3, 0.4) is 0 Å². The maximum atomic E-state index is 13.2. The van der Waals surface area contributed by atoms with Crippen molar-refractivity contribution in [2.45, 2.75) is 26.1 Å². The SMILES string of the molecule is Cc1nc(Nc2ccccc2C(F)(F)F)cc(NC(C)c2ccccc2)n1. The zero-order chi connectivity index (χ0) is 19.4. The van der Waals surface area contributed by atoms with Gasteiger partial charge in [-0.15, -0.1) is 0 Å². The summed E-state index contributed by atoms with van der Waals surface area (Å²) in [5.74, 6) is 1.28. The number of benzene rings is 2.